The minimum Gasteiger partial charge on any atom is -0.378 e. The zero-order valence-corrected chi connectivity index (χ0v) is 11.9. The van der Waals surface area contributed by atoms with Crippen LogP contribution in [0.3, 0.4) is 0 Å². The highest BCUT2D eigenvalue weighted by molar-refractivity contribution is 9.10. The van der Waals surface area contributed by atoms with Crippen LogP contribution < -0.4 is 5.32 Å². The van der Waals surface area contributed by atoms with E-state index in [-0.39, 0.29) is 5.82 Å². The molecule has 96 valence electrons. The van der Waals surface area contributed by atoms with Gasteiger partial charge < -0.3 is 5.32 Å². The van der Waals surface area contributed by atoms with Crippen LogP contribution in [0.1, 0.15) is 25.6 Å². The Balaban J connectivity index is 2.04. The second-order valence-electron chi connectivity index (χ2n) is 4.36. The Morgan fingerprint density at radius 3 is 2.83 bits per heavy atom. The summed E-state index contributed by atoms with van der Waals surface area (Å²) < 4.78 is 15.8. The standard InChI is InChI=1S/C13H15BrFN3/c1-9(2)18-6-5-11(17-18)8-16-13-7-10(15)3-4-12(13)14/h3-7,9,16H,8H2,1-2H3. The van der Waals surface area contributed by atoms with Gasteiger partial charge in [-0.25, -0.2) is 4.39 Å². The van der Waals surface area contributed by atoms with Crippen molar-refractivity contribution < 1.29 is 4.39 Å². The molecular formula is C13H15BrFN3. The number of hydrogen-bond donors (Lipinski definition) is 1. The monoisotopic (exact) mass is 311 g/mol. The normalized spacial score (nSPS) is 10.9. The molecule has 0 aliphatic heterocycles. The Labute approximate surface area is 114 Å². The number of rotatable bonds is 4. The molecule has 3 nitrogen and oxygen atoms in total. The summed E-state index contributed by atoms with van der Waals surface area (Å²) in [6, 6.07) is 6.87. The molecule has 1 aromatic heterocycles. The van der Waals surface area contributed by atoms with Crippen molar-refractivity contribution in [2.24, 2.45) is 0 Å². The molecule has 0 saturated heterocycles. The van der Waals surface area contributed by atoms with Crippen LogP contribution in [0.5, 0.6) is 0 Å². The third kappa shape index (κ3) is 3.10. The minimum atomic E-state index is -0.256. The van der Waals surface area contributed by atoms with Gasteiger partial charge in [0.15, 0.2) is 0 Å². The Hall–Kier alpha value is -1.36. The van der Waals surface area contributed by atoms with Crippen LogP contribution in [0.15, 0.2) is 34.9 Å². The second kappa shape index (κ2) is 5.52. The third-order valence-electron chi connectivity index (χ3n) is 2.58. The van der Waals surface area contributed by atoms with E-state index in [9.17, 15) is 4.39 Å². The van der Waals surface area contributed by atoms with Gasteiger partial charge in [0, 0.05) is 16.7 Å². The molecule has 0 saturated carbocycles. The molecule has 1 N–H and O–H groups in total. The number of halogens is 2. The SMILES string of the molecule is CC(C)n1ccc(CNc2cc(F)ccc2Br)n1. The third-order valence-corrected chi connectivity index (χ3v) is 3.27. The lowest BCUT2D eigenvalue weighted by Gasteiger charge is -2.07. The van der Waals surface area contributed by atoms with Crippen molar-refractivity contribution in [1.82, 2.24) is 9.78 Å². The maximum Gasteiger partial charge on any atom is 0.125 e. The average molecular weight is 312 g/mol. The van der Waals surface area contributed by atoms with E-state index < -0.39 is 0 Å². The highest BCUT2D eigenvalue weighted by Crippen LogP contribution is 2.23. The van der Waals surface area contributed by atoms with Crippen molar-refractivity contribution in [3.63, 3.8) is 0 Å². The van der Waals surface area contributed by atoms with Gasteiger partial charge in [0.05, 0.1) is 17.9 Å². The molecule has 0 spiro atoms. The Morgan fingerprint density at radius 1 is 1.39 bits per heavy atom. The lowest BCUT2D eigenvalue weighted by Crippen LogP contribution is -2.05. The summed E-state index contributed by atoms with van der Waals surface area (Å²) in [5, 5.41) is 7.58. The van der Waals surface area contributed by atoms with Gasteiger partial charge in [0.2, 0.25) is 0 Å². The van der Waals surface area contributed by atoms with Gasteiger partial charge >= 0.3 is 0 Å². The molecule has 5 heteroatoms. The van der Waals surface area contributed by atoms with Gasteiger partial charge in [-0.1, -0.05) is 0 Å². The molecule has 0 amide bonds. The molecule has 0 aliphatic rings. The molecule has 0 unspecified atom stereocenters. The first kappa shape index (κ1) is 13.1. The van der Waals surface area contributed by atoms with Crippen molar-refractivity contribution in [2.45, 2.75) is 26.4 Å². The second-order valence-corrected chi connectivity index (χ2v) is 5.21. The van der Waals surface area contributed by atoms with E-state index in [2.05, 4.69) is 40.2 Å². The van der Waals surface area contributed by atoms with Crippen molar-refractivity contribution in [2.75, 3.05) is 5.32 Å². The van der Waals surface area contributed by atoms with Gasteiger partial charge in [-0.2, -0.15) is 5.10 Å². The highest BCUT2D eigenvalue weighted by Gasteiger charge is 2.04. The van der Waals surface area contributed by atoms with Crippen LogP contribution in [-0.2, 0) is 6.54 Å². The summed E-state index contributed by atoms with van der Waals surface area (Å²) in [6.45, 7) is 4.72. The molecule has 1 heterocycles. The molecule has 1 aromatic carbocycles. The summed E-state index contributed by atoms with van der Waals surface area (Å²) in [7, 11) is 0. The number of benzene rings is 1. The minimum absolute atomic E-state index is 0.256. The van der Waals surface area contributed by atoms with Crippen molar-refractivity contribution in [3.05, 3.63) is 46.4 Å². The quantitative estimate of drug-likeness (QED) is 0.925. The summed E-state index contributed by atoms with van der Waals surface area (Å²) in [6.07, 6.45) is 1.95. The number of nitrogens with one attached hydrogen (secondary N) is 1. The summed E-state index contributed by atoms with van der Waals surface area (Å²) >= 11 is 3.38. The van der Waals surface area contributed by atoms with Crippen LogP contribution in [0.25, 0.3) is 0 Å². The molecule has 2 aromatic rings. The van der Waals surface area contributed by atoms with Gasteiger partial charge in [-0.05, 0) is 54.0 Å². The first-order chi connectivity index (χ1) is 8.56. The predicted molar refractivity (Wildman–Crippen MR) is 74.0 cm³/mol. The molecule has 0 radical (unpaired) electrons. The molecule has 0 atom stereocenters. The van der Waals surface area contributed by atoms with Gasteiger partial charge in [0.1, 0.15) is 5.82 Å². The van der Waals surface area contributed by atoms with E-state index in [0.29, 0.717) is 12.6 Å². The van der Waals surface area contributed by atoms with Crippen LogP contribution in [0.2, 0.25) is 0 Å². The van der Waals surface area contributed by atoms with E-state index in [4.69, 9.17) is 0 Å². The Kier molecular flexibility index (Phi) is 4.01. The topological polar surface area (TPSA) is 29.9 Å². The largest absolute Gasteiger partial charge is 0.378 e. The summed E-state index contributed by atoms with van der Waals surface area (Å²) in [5.74, 6) is -0.256. The number of aromatic nitrogens is 2. The van der Waals surface area contributed by atoms with Crippen LogP contribution in [-0.4, -0.2) is 9.78 Å². The summed E-state index contributed by atoms with van der Waals surface area (Å²) in [4.78, 5) is 0. The Morgan fingerprint density at radius 2 is 2.17 bits per heavy atom. The van der Waals surface area contributed by atoms with E-state index in [1.54, 1.807) is 6.07 Å². The molecule has 0 aliphatic carbocycles. The molecule has 0 fully saturated rings. The maximum absolute atomic E-state index is 13.1. The molecular weight excluding hydrogens is 297 g/mol. The lowest BCUT2D eigenvalue weighted by molar-refractivity contribution is 0.527. The predicted octanol–water partition coefficient (Wildman–Crippen LogP) is 3.98. The van der Waals surface area contributed by atoms with E-state index in [1.807, 2.05) is 16.9 Å². The van der Waals surface area contributed by atoms with Crippen molar-refractivity contribution >= 4 is 21.6 Å². The Bertz CT molecular complexity index is 537. The van der Waals surface area contributed by atoms with Crippen LogP contribution >= 0.6 is 15.9 Å². The number of nitrogens with zero attached hydrogens (tertiary/aromatic N) is 2. The molecule has 0 bridgehead atoms. The fourth-order valence-electron chi connectivity index (χ4n) is 1.58. The fourth-order valence-corrected chi connectivity index (χ4v) is 1.96. The first-order valence-corrected chi connectivity index (χ1v) is 6.58. The smallest absolute Gasteiger partial charge is 0.125 e. The maximum atomic E-state index is 13.1. The number of anilines is 1. The fraction of sp³-hybridized carbons (Fsp3) is 0.308. The average Bonchev–Trinajstić information content (AvgIpc) is 2.79. The first-order valence-electron chi connectivity index (χ1n) is 5.79. The van der Waals surface area contributed by atoms with Crippen LogP contribution in [0, 0.1) is 5.82 Å². The zero-order chi connectivity index (χ0) is 13.1. The van der Waals surface area contributed by atoms with Crippen molar-refractivity contribution in [1.29, 1.82) is 0 Å². The van der Waals surface area contributed by atoms with Crippen LogP contribution in [0.4, 0.5) is 10.1 Å². The van der Waals surface area contributed by atoms with Gasteiger partial charge in [-0.3, -0.25) is 4.68 Å². The van der Waals surface area contributed by atoms with Gasteiger partial charge in [0.25, 0.3) is 0 Å². The lowest BCUT2D eigenvalue weighted by atomic mass is 10.3. The zero-order valence-electron chi connectivity index (χ0n) is 10.3. The van der Waals surface area contributed by atoms with E-state index >= 15 is 0 Å². The molecule has 2 rings (SSSR count). The van der Waals surface area contributed by atoms with Crippen molar-refractivity contribution in [3.8, 4) is 0 Å². The van der Waals surface area contributed by atoms with Gasteiger partial charge in [-0.15, -0.1) is 0 Å². The van der Waals surface area contributed by atoms with E-state index in [0.717, 1.165) is 15.9 Å². The summed E-state index contributed by atoms with van der Waals surface area (Å²) in [5.41, 5.74) is 1.66. The highest BCUT2D eigenvalue weighted by atomic mass is 79.9. The van der Waals surface area contributed by atoms with E-state index in [1.165, 1.54) is 12.1 Å². The molecule has 18 heavy (non-hydrogen) atoms. The number of hydrogen-bond acceptors (Lipinski definition) is 2.